The van der Waals surface area contributed by atoms with Crippen LogP contribution in [0.1, 0.15) is 57.3 Å². The predicted octanol–water partition coefficient (Wildman–Crippen LogP) is 5.35. The highest BCUT2D eigenvalue weighted by molar-refractivity contribution is 5.93. The van der Waals surface area contributed by atoms with E-state index in [9.17, 15) is 4.79 Å². The Labute approximate surface area is 172 Å². The van der Waals surface area contributed by atoms with Gasteiger partial charge in [-0.2, -0.15) is 0 Å². The highest BCUT2D eigenvalue weighted by Gasteiger charge is 2.26. The van der Waals surface area contributed by atoms with Crippen LogP contribution in [0.2, 0.25) is 0 Å². The number of ether oxygens (including phenoxy) is 1. The van der Waals surface area contributed by atoms with Crippen molar-refractivity contribution in [1.29, 1.82) is 0 Å². The van der Waals surface area contributed by atoms with Gasteiger partial charge in [-0.3, -0.25) is 4.79 Å². The number of aromatic nitrogens is 2. The van der Waals surface area contributed by atoms with Gasteiger partial charge >= 0.3 is 0 Å². The molecule has 1 aliphatic rings. The fourth-order valence-corrected chi connectivity index (χ4v) is 3.73. The highest BCUT2D eigenvalue weighted by Crippen LogP contribution is 2.35. The molecule has 0 radical (unpaired) electrons. The third kappa shape index (κ3) is 4.29. The number of imidazole rings is 1. The zero-order valence-corrected chi connectivity index (χ0v) is 17.4. The Hall–Kier alpha value is -2.82. The summed E-state index contributed by atoms with van der Waals surface area (Å²) < 4.78 is 7.95. The Kier molecular flexibility index (Phi) is 5.56. The lowest BCUT2D eigenvalue weighted by Crippen LogP contribution is -2.10. The second-order valence-corrected chi connectivity index (χ2v) is 7.85. The molecule has 1 amide bonds. The van der Waals surface area contributed by atoms with E-state index < -0.39 is 0 Å². The molecule has 1 aromatic heterocycles. The Morgan fingerprint density at radius 2 is 1.97 bits per heavy atom. The number of hydrogen-bond donors (Lipinski definition) is 1. The molecule has 1 unspecified atom stereocenters. The van der Waals surface area contributed by atoms with Gasteiger partial charge in [-0.05, 0) is 61.6 Å². The molecule has 0 aliphatic heterocycles. The maximum absolute atomic E-state index is 11.8. The molecule has 1 aliphatic carbocycles. The van der Waals surface area contributed by atoms with Crippen molar-refractivity contribution in [3.63, 3.8) is 0 Å². The van der Waals surface area contributed by atoms with Crippen molar-refractivity contribution in [2.24, 2.45) is 5.92 Å². The average molecular weight is 392 g/mol. The van der Waals surface area contributed by atoms with Gasteiger partial charge in [-0.1, -0.05) is 26.0 Å². The molecule has 3 aromatic rings. The number of rotatable bonds is 8. The third-order valence-electron chi connectivity index (χ3n) is 5.60. The first-order valence-electron chi connectivity index (χ1n) is 10.6. The number of amides is 1. The van der Waals surface area contributed by atoms with Gasteiger partial charge in [-0.15, -0.1) is 0 Å². The van der Waals surface area contributed by atoms with E-state index in [4.69, 9.17) is 9.72 Å². The number of carbonyl (C=O) groups is 1. The largest absolute Gasteiger partial charge is 0.494 e. The number of hydrogen-bond acceptors (Lipinski definition) is 3. The minimum Gasteiger partial charge on any atom is -0.494 e. The van der Waals surface area contributed by atoms with Crippen molar-refractivity contribution >= 4 is 22.6 Å². The molecule has 0 bridgehead atoms. The number of benzene rings is 2. The molecule has 1 fully saturated rings. The number of carbonyl (C=O) groups excluding carboxylic acids is 1. The molecule has 1 saturated carbocycles. The van der Waals surface area contributed by atoms with Crippen LogP contribution >= 0.6 is 0 Å². The standard InChI is InChI=1S/C24H29N3O2/c1-4-23(28)25-19-10-13-22-21(14-19)26-24(27(22)15-17-6-7-17)16(3)18-8-11-20(12-9-18)29-5-2/h8-14,16-17H,4-7,15H2,1-3H3,(H,25,28). The highest BCUT2D eigenvalue weighted by atomic mass is 16.5. The minimum atomic E-state index is 0.0183. The van der Waals surface area contributed by atoms with Gasteiger partial charge in [0, 0.05) is 24.6 Å². The molecule has 29 heavy (non-hydrogen) atoms. The van der Waals surface area contributed by atoms with E-state index in [2.05, 4.69) is 35.0 Å². The molecule has 152 valence electrons. The van der Waals surface area contributed by atoms with Crippen molar-refractivity contribution in [3.05, 3.63) is 53.9 Å². The molecule has 4 rings (SSSR count). The summed E-state index contributed by atoms with van der Waals surface area (Å²) in [5.41, 5.74) is 4.10. The van der Waals surface area contributed by atoms with Crippen LogP contribution < -0.4 is 10.1 Å². The summed E-state index contributed by atoms with van der Waals surface area (Å²) in [5, 5.41) is 2.94. The molecule has 1 N–H and O–H groups in total. The van der Waals surface area contributed by atoms with Crippen LogP contribution in [0.3, 0.4) is 0 Å². The number of anilines is 1. The van der Waals surface area contributed by atoms with Gasteiger partial charge < -0.3 is 14.6 Å². The van der Waals surface area contributed by atoms with Crippen LogP contribution in [0.4, 0.5) is 5.69 Å². The maximum atomic E-state index is 11.8. The SMILES string of the molecule is CCOc1ccc(C(C)c2nc3cc(NC(=O)CC)ccc3n2CC2CC2)cc1. The van der Waals surface area contributed by atoms with Crippen LogP contribution in [0.25, 0.3) is 11.0 Å². The molecule has 0 saturated heterocycles. The first kappa shape index (κ1) is 19.5. The lowest BCUT2D eigenvalue weighted by atomic mass is 10.00. The quantitative estimate of drug-likeness (QED) is 0.563. The Bertz CT molecular complexity index is 1000. The van der Waals surface area contributed by atoms with Gasteiger partial charge in [0.15, 0.2) is 0 Å². The molecule has 5 nitrogen and oxygen atoms in total. The summed E-state index contributed by atoms with van der Waals surface area (Å²) in [6.07, 6.45) is 3.05. The van der Waals surface area contributed by atoms with E-state index in [-0.39, 0.29) is 11.8 Å². The van der Waals surface area contributed by atoms with Gasteiger partial charge in [0.05, 0.1) is 17.6 Å². The average Bonchev–Trinajstić information content (AvgIpc) is 3.48. The second kappa shape index (κ2) is 8.27. The summed E-state index contributed by atoms with van der Waals surface area (Å²) in [4.78, 5) is 16.8. The number of nitrogens with one attached hydrogen (secondary N) is 1. The third-order valence-corrected chi connectivity index (χ3v) is 5.60. The summed E-state index contributed by atoms with van der Waals surface area (Å²) in [7, 11) is 0. The number of fused-ring (bicyclic) bond motifs is 1. The summed E-state index contributed by atoms with van der Waals surface area (Å²) in [5.74, 6) is 2.91. The minimum absolute atomic E-state index is 0.0183. The fourth-order valence-electron chi connectivity index (χ4n) is 3.73. The Morgan fingerprint density at radius 1 is 1.21 bits per heavy atom. The molecule has 1 atom stereocenters. The van der Waals surface area contributed by atoms with Crippen molar-refractivity contribution in [2.75, 3.05) is 11.9 Å². The molecule has 5 heteroatoms. The molecular formula is C24H29N3O2. The van der Waals surface area contributed by atoms with Gasteiger partial charge in [-0.25, -0.2) is 4.98 Å². The van der Waals surface area contributed by atoms with Gasteiger partial charge in [0.1, 0.15) is 11.6 Å². The summed E-state index contributed by atoms with van der Waals surface area (Å²) in [6.45, 7) is 7.74. The van der Waals surface area contributed by atoms with Crippen molar-refractivity contribution in [2.45, 2.75) is 52.5 Å². The smallest absolute Gasteiger partial charge is 0.224 e. The van der Waals surface area contributed by atoms with E-state index in [1.807, 2.05) is 38.1 Å². The molecule has 1 heterocycles. The monoisotopic (exact) mass is 391 g/mol. The van der Waals surface area contributed by atoms with Gasteiger partial charge in [0.25, 0.3) is 0 Å². The normalized spacial score (nSPS) is 14.7. The Morgan fingerprint density at radius 3 is 2.62 bits per heavy atom. The van der Waals surface area contributed by atoms with E-state index in [0.29, 0.717) is 13.0 Å². The molecular weight excluding hydrogens is 362 g/mol. The summed E-state index contributed by atoms with van der Waals surface area (Å²) in [6, 6.07) is 14.4. The van der Waals surface area contributed by atoms with Crippen LogP contribution in [0.15, 0.2) is 42.5 Å². The second-order valence-electron chi connectivity index (χ2n) is 7.85. The molecule has 2 aromatic carbocycles. The fraction of sp³-hybridized carbons (Fsp3) is 0.417. The predicted molar refractivity (Wildman–Crippen MR) is 117 cm³/mol. The van der Waals surface area contributed by atoms with E-state index in [0.717, 1.165) is 40.8 Å². The first-order valence-corrected chi connectivity index (χ1v) is 10.6. The topological polar surface area (TPSA) is 56.1 Å². The van der Waals surface area contributed by atoms with E-state index >= 15 is 0 Å². The van der Waals surface area contributed by atoms with Crippen molar-refractivity contribution in [3.8, 4) is 5.75 Å². The zero-order valence-electron chi connectivity index (χ0n) is 17.4. The van der Waals surface area contributed by atoms with Crippen LogP contribution in [-0.4, -0.2) is 22.1 Å². The first-order chi connectivity index (χ1) is 14.1. The lowest BCUT2D eigenvalue weighted by Gasteiger charge is -2.15. The zero-order chi connectivity index (χ0) is 20.4. The lowest BCUT2D eigenvalue weighted by molar-refractivity contribution is -0.115. The van der Waals surface area contributed by atoms with Crippen molar-refractivity contribution in [1.82, 2.24) is 9.55 Å². The Balaban J connectivity index is 1.69. The number of nitrogens with zero attached hydrogens (tertiary/aromatic N) is 2. The van der Waals surface area contributed by atoms with Crippen LogP contribution in [0, 0.1) is 5.92 Å². The van der Waals surface area contributed by atoms with E-state index in [1.165, 1.54) is 18.4 Å². The van der Waals surface area contributed by atoms with Crippen LogP contribution in [-0.2, 0) is 11.3 Å². The van der Waals surface area contributed by atoms with Gasteiger partial charge in [0.2, 0.25) is 5.91 Å². The van der Waals surface area contributed by atoms with E-state index in [1.54, 1.807) is 0 Å². The summed E-state index contributed by atoms with van der Waals surface area (Å²) >= 11 is 0. The maximum Gasteiger partial charge on any atom is 0.224 e. The van der Waals surface area contributed by atoms with Crippen LogP contribution in [0.5, 0.6) is 5.75 Å². The molecule has 0 spiro atoms. The van der Waals surface area contributed by atoms with Crippen molar-refractivity contribution < 1.29 is 9.53 Å².